The molecule has 1 amide bonds. The van der Waals surface area contributed by atoms with Crippen molar-refractivity contribution in [2.75, 3.05) is 31.1 Å². The van der Waals surface area contributed by atoms with Crippen molar-refractivity contribution in [2.24, 2.45) is 11.7 Å². The molecule has 2 aliphatic rings. The first-order valence-corrected chi connectivity index (χ1v) is 8.08. The maximum absolute atomic E-state index is 12.6. The highest BCUT2D eigenvalue weighted by molar-refractivity contribution is 5.79. The van der Waals surface area contributed by atoms with Gasteiger partial charge < -0.3 is 15.5 Å². The van der Waals surface area contributed by atoms with Crippen LogP contribution in [0.25, 0.3) is 0 Å². The van der Waals surface area contributed by atoms with Crippen LogP contribution in [0.5, 0.6) is 0 Å². The summed E-state index contributed by atoms with van der Waals surface area (Å²) in [5, 5.41) is 0. The molecule has 1 saturated carbocycles. The van der Waals surface area contributed by atoms with Crippen molar-refractivity contribution in [1.29, 1.82) is 0 Å². The number of amides is 1. The number of nitrogens with two attached hydrogens (primary N) is 1. The quantitative estimate of drug-likeness (QED) is 0.903. The molecule has 1 aliphatic carbocycles. The van der Waals surface area contributed by atoms with E-state index >= 15 is 0 Å². The van der Waals surface area contributed by atoms with Gasteiger partial charge in [-0.05, 0) is 37.8 Å². The maximum Gasteiger partial charge on any atom is 0.225 e. The predicted octanol–water partition coefficient (Wildman–Crippen LogP) is 1.85. The summed E-state index contributed by atoms with van der Waals surface area (Å²) in [6.45, 7) is 3.67. The van der Waals surface area contributed by atoms with E-state index < -0.39 is 0 Å². The molecular weight excluding hydrogens is 262 g/mol. The molecule has 4 heteroatoms. The molecule has 0 radical (unpaired) electrons. The highest BCUT2D eigenvalue weighted by Gasteiger charge is 2.31. The summed E-state index contributed by atoms with van der Waals surface area (Å²) >= 11 is 0. The van der Waals surface area contributed by atoms with Crippen LogP contribution in [0.3, 0.4) is 0 Å². The Morgan fingerprint density at radius 2 is 1.86 bits per heavy atom. The van der Waals surface area contributed by atoms with Gasteiger partial charge in [0.05, 0.1) is 0 Å². The van der Waals surface area contributed by atoms with Crippen LogP contribution in [-0.2, 0) is 4.79 Å². The Morgan fingerprint density at radius 3 is 2.57 bits per heavy atom. The summed E-state index contributed by atoms with van der Waals surface area (Å²) in [5.74, 6) is 0.501. The number of hydrogen-bond acceptors (Lipinski definition) is 3. The summed E-state index contributed by atoms with van der Waals surface area (Å²) in [7, 11) is 0. The van der Waals surface area contributed by atoms with Gasteiger partial charge in [-0.3, -0.25) is 4.79 Å². The zero-order chi connectivity index (χ0) is 14.7. The van der Waals surface area contributed by atoms with E-state index in [0.29, 0.717) is 5.91 Å². The third-order valence-electron chi connectivity index (χ3n) is 4.75. The summed E-state index contributed by atoms with van der Waals surface area (Å²) in [6.07, 6.45) is 3.89. The van der Waals surface area contributed by atoms with E-state index in [1.54, 1.807) is 0 Å². The molecule has 2 fully saturated rings. The number of rotatable bonds is 2. The van der Waals surface area contributed by atoms with E-state index in [0.717, 1.165) is 51.9 Å². The Kier molecular flexibility index (Phi) is 4.44. The molecule has 1 aromatic carbocycles. The highest BCUT2D eigenvalue weighted by Crippen LogP contribution is 2.26. The molecule has 1 aromatic rings. The SMILES string of the molecule is NC1CCC(C(=O)N2CCCN(c3ccccc3)CC2)C1. The van der Waals surface area contributed by atoms with Gasteiger partial charge in [-0.2, -0.15) is 0 Å². The summed E-state index contributed by atoms with van der Waals surface area (Å²) < 4.78 is 0. The molecule has 1 heterocycles. The minimum atomic E-state index is 0.170. The lowest BCUT2D eigenvalue weighted by molar-refractivity contribution is -0.135. The van der Waals surface area contributed by atoms with Gasteiger partial charge in [-0.1, -0.05) is 18.2 Å². The van der Waals surface area contributed by atoms with Gasteiger partial charge in [0.1, 0.15) is 0 Å². The number of carbonyl (C=O) groups excluding carboxylic acids is 1. The van der Waals surface area contributed by atoms with Crippen LogP contribution in [0, 0.1) is 5.92 Å². The van der Waals surface area contributed by atoms with Gasteiger partial charge in [0.2, 0.25) is 5.91 Å². The maximum atomic E-state index is 12.6. The van der Waals surface area contributed by atoms with Crippen molar-refractivity contribution in [1.82, 2.24) is 4.90 Å². The Labute approximate surface area is 126 Å². The van der Waals surface area contributed by atoms with Crippen molar-refractivity contribution in [3.8, 4) is 0 Å². The van der Waals surface area contributed by atoms with Crippen molar-refractivity contribution in [2.45, 2.75) is 31.7 Å². The minimum absolute atomic E-state index is 0.170. The Bertz CT molecular complexity index is 476. The van der Waals surface area contributed by atoms with Crippen molar-refractivity contribution in [3.63, 3.8) is 0 Å². The number of carbonyl (C=O) groups is 1. The molecule has 2 unspecified atom stereocenters. The third-order valence-corrected chi connectivity index (χ3v) is 4.75. The van der Waals surface area contributed by atoms with Gasteiger partial charge in [0.15, 0.2) is 0 Å². The standard InChI is InChI=1S/C17H25N3O/c18-15-8-7-14(13-15)17(21)20-10-4-9-19(11-12-20)16-5-2-1-3-6-16/h1-3,5-6,14-15H,4,7-13,18H2. The molecule has 21 heavy (non-hydrogen) atoms. The van der Waals surface area contributed by atoms with Gasteiger partial charge in [0.25, 0.3) is 0 Å². The molecule has 4 nitrogen and oxygen atoms in total. The van der Waals surface area contributed by atoms with Crippen LogP contribution in [-0.4, -0.2) is 43.0 Å². The number of para-hydroxylation sites is 1. The first-order valence-electron chi connectivity index (χ1n) is 8.08. The lowest BCUT2D eigenvalue weighted by atomic mass is 10.1. The number of nitrogens with zero attached hydrogens (tertiary/aromatic N) is 2. The average Bonchev–Trinajstić information content (AvgIpc) is 2.81. The van der Waals surface area contributed by atoms with Crippen LogP contribution >= 0.6 is 0 Å². The Morgan fingerprint density at radius 1 is 1.05 bits per heavy atom. The Balaban J connectivity index is 1.59. The van der Waals surface area contributed by atoms with Crippen LogP contribution in [0.15, 0.2) is 30.3 Å². The zero-order valence-electron chi connectivity index (χ0n) is 12.6. The molecule has 0 spiro atoms. The molecule has 114 valence electrons. The largest absolute Gasteiger partial charge is 0.370 e. The second kappa shape index (κ2) is 6.48. The average molecular weight is 287 g/mol. The fourth-order valence-corrected chi connectivity index (χ4v) is 3.53. The van der Waals surface area contributed by atoms with Gasteiger partial charge in [-0.25, -0.2) is 0 Å². The molecule has 3 rings (SSSR count). The first kappa shape index (κ1) is 14.4. The van der Waals surface area contributed by atoms with Crippen molar-refractivity contribution in [3.05, 3.63) is 30.3 Å². The lowest BCUT2D eigenvalue weighted by Crippen LogP contribution is -2.38. The van der Waals surface area contributed by atoms with Crippen LogP contribution < -0.4 is 10.6 Å². The molecular formula is C17H25N3O. The van der Waals surface area contributed by atoms with Crippen molar-refractivity contribution < 1.29 is 4.79 Å². The fourth-order valence-electron chi connectivity index (χ4n) is 3.53. The smallest absolute Gasteiger partial charge is 0.225 e. The zero-order valence-corrected chi connectivity index (χ0v) is 12.6. The van der Waals surface area contributed by atoms with Gasteiger partial charge in [-0.15, -0.1) is 0 Å². The van der Waals surface area contributed by atoms with Crippen molar-refractivity contribution >= 4 is 11.6 Å². The van der Waals surface area contributed by atoms with E-state index in [9.17, 15) is 4.79 Å². The second-order valence-electron chi connectivity index (χ2n) is 6.27. The molecule has 0 bridgehead atoms. The lowest BCUT2D eigenvalue weighted by Gasteiger charge is -2.25. The summed E-state index contributed by atoms with van der Waals surface area (Å²) in [5.41, 5.74) is 7.20. The molecule has 0 aromatic heterocycles. The molecule has 2 N–H and O–H groups in total. The predicted molar refractivity (Wildman–Crippen MR) is 85.2 cm³/mol. The summed E-state index contributed by atoms with van der Waals surface area (Å²) in [6, 6.07) is 10.7. The molecule has 1 aliphatic heterocycles. The van der Waals surface area contributed by atoms with Crippen LogP contribution in [0.2, 0.25) is 0 Å². The first-order chi connectivity index (χ1) is 10.2. The van der Waals surface area contributed by atoms with E-state index in [2.05, 4.69) is 34.1 Å². The van der Waals surface area contributed by atoms with E-state index in [-0.39, 0.29) is 12.0 Å². The van der Waals surface area contributed by atoms with Gasteiger partial charge >= 0.3 is 0 Å². The van der Waals surface area contributed by atoms with Crippen LogP contribution in [0.1, 0.15) is 25.7 Å². The number of anilines is 1. The highest BCUT2D eigenvalue weighted by atomic mass is 16.2. The van der Waals surface area contributed by atoms with Crippen LogP contribution in [0.4, 0.5) is 5.69 Å². The number of benzene rings is 1. The van der Waals surface area contributed by atoms with Gasteiger partial charge in [0, 0.05) is 43.8 Å². The third kappa shape index (κ3) is 3.38. The fraction of sp³-hybridized carbons (Fsp3) is 0.588. The van der Waals surface area contributed by atoms with E-state index in [4.69, 9.17) is 5.73 Å². The molecule has 1 saturated heterocycles. The number of hydrogen-bond donors (Lipinski definition) is 1. The van der Waals surface area contributed by atoms with E-state index in [1.807, 2.05) is 6.07 Å². The minimum Gasteiger partial charge on any atom is -0.370 e. The normalized spacial score (nSPS) is 26.7. The summed E-state index contributed by atoms with van der Waals surface area (Å²) in [4.78, 5) is 17.0. The Hall–Kier alpha value is -1.55. The topological polar surface area (TPSA) is 49.6 Å². The van der Waals surface area contributed by atoms with E-state index in [1.165, 1.54) is 5.69 Å². The molecule has 2 atom stereocenters. The second-order valence-corrected chi connectivity index (χ2v) is 6.27. The monoisotopic (exact) mass is 287 g/mol.